The molecule has 2 heterocycles. The van der Waals surface area contributed by atoms with E-state index in [2.05, 4.69) is 15.3 Å². The molecule has 0 saturated heterocycles. The van der Waals surface area contributed by atoms with Crippen LogP contribution in [0.5, 0.6) is 5.75 Å². The molecule has 1 fully saturated rings. The molecule has 2 aromatic heterocycles. The Hall–Kier alpha value is -3.83. The van der Waals surface area contributed by atoms with E-state index in [9.17, 15) is 23.5 Å². The van der Waals surface area contributed by atoms with Gasteiger partial charge < -0.3 is 20.1 Å². The van der Waals surface area contributed by atoms with Crippen molar-refractivity contribution in [3.8, 4) is 16.9 Å². The summed E-state index contributed by atoms with van der Waals surface area (Å²) in [6.45, 7) is 6.17. The number of hydrogen-bond donors (Lipinski definition) is 2. The highest BCUT2D eigenvalue weighted by Crippen LogP contribution is 2.42. The number of methoxy groups -OCH3 is 1. The van der Waals surface area contributed by atoms with E-state index in [4.69, 9.17) is 16.3 Å². The van der Waals surface area contributed by atoms with E-state index >= 15 is 0 Å². The van der Waals surface area contributed by atoms with E-state index in [-0.39, 0.29) is 49.9 Å². The lowest BCUT2D eigenvalue weighted by atomic mass is 9.72. The number of ether oxygens (including phenoxy) is 1. The van der Waals surface area contributed by atoms with Crippen molar-refractivity contribution >= 4 is 45.0 Å². The molecule has 5 rings (SSSR count). The number of carbonyl (C=O) groups is 2. The molecular weight excluding hydrogens is 622 g/mol. The summed E-state index contributed by atoms with van der Waals surface area (Å²) in [6, 6.07) is 7.13. The number of amides is 2. The first kappa shape index (κ1) is 32.6. The molecule has 12 heteroatoms. The molecule has 2 N–H and O–H groups in total. The fourth-order valence-corrected chi connectivity index (χ4v) is 7.87. The van der Waals surface area contributed by atoms with E-state index in [0.29, 0.717) is 31.4 Å². The molecule has 238 valence electrons. The van der Waals surface area contributed by atoms with Crippen LogP contribution in [0.4, 0.5) is 13.6 Å². The maximum atomic E-state index is 14.8. The number of nitrogens with zero attached hydrogens (tertiary/aromatic N) is 3. The summed E-state index contributed by atoms with van der Waals surface area (Å²) in [7, 11) is 1.55. The van der Waals surface area contributed by atoms with Crippen molar-refractivity contribution in [2.75, 3.05) is 7.11 Å². The first-order chi connectivity index (χ1) is 21.4. The highest BCUT2D eigenvalue weighted by Gasteiger charge is 2.39. The van der Waals surface area contributed by atoms with Crippen molar-refractivity contribution in [1.82, 2.24) is 20.2 Å². The van der Waals surface area contributed by atoms with E-state index in [1.54, 1.807) is 24.4 Å². The monoisotopic (exact) mass is 656 g/mol. The third-order valence-electron chi connectivity index (χ3n) is 8.52. The number of thiophene rings is 1. The average Bonchev–Trinajstić information content (AvgIpc) is 3.38. The summed E-state index contributed by atoms with van der Waals surface area (Å²) in [5, 5.41) is 12.0. The van der Waals surface area contributed by atoms with Crippen LogP contribution in [0.1, 0.15) is 61.7 Å². The standard InChI is InChI=1S/C33H35ClF2N4O4S/c1-33(2,3)30(39-32(42)43)18-5-8-22(9-6-18)40(31(41)29-27(34)26-23(35)10-11-24(36)28(26)45-29)16-20-13-19(7-12-25(20)44-4)21-14-37-17-38-15-21/h7,10-15,17-18,22,30,39H,5-6,8-9,16H2,1-4H3,(H,42,43). The number of rotatable bonds is 8. The summed E-state index contributed by atoms with van der Waals surface area (Å²) < 4.78 is 35.2. The van der Waals surface area contributed by atoms with Crippen molar-refractivity contribution < 1.29 is 28.2 Å². The number of benzene rings is 2. The van der Waals surface area contributed by atoms with Gasteiger partial charge in [-0.25, -0.2) is 23.5 Å². The number of carbonyl (C=O) groups excluding carboxylic acids is 1. The van der Waals surface area contributed by atoms with Gasteiger partial charge >= 0.3 is 6.09 Å². The number of fused-ring (bicyclic) bond motifs is 1. The van der Waals surface area contributed by atoms with Crippen molar-refractivity contribution in [3.05, 3.63) is 76.2 Å². The Morgan fingerprint density at radius 2 is 1.76 bits per heavy atom. The van der Waals surface area contributed by atoms with Crippen molar-refractivity contribution in [2.45, 2.75) is 65.1 Å². The van der Waals surface area contributed by atoms with Crippen LogP contribution in [-0.2, 0) is 6.54 Å². The van der Waals surface area contributed by atoms with Gasteiger partial charge in [-0.3, -0.25) is 4.79 Å². The minimum atomic E-state index is -1.07. The Morgan fingerprint density at radius 1 is 1.09 bits per heavy atom. The largest absolute Gasteiger partial charge is 0.496 e. The maximum absolute atomic E-state index is 14.8. The second kappa shape index (κ2) is 13.3. The van der Waals surface area contributed by atoms with Gasteiger partial charge in [-0.05, 0) is 66.8 Å². The predicted molar refractivity (Wildman–Crippen MR) is 171 cm³/mol. The number of halogens is 3. The van der Waals surface area contributed by atoms with Gasteiger partial charge in [0.15, 0.2) is 0 Å². The van der Waals surface area contributed by atoms with E-state index < -0.39 is 23.6 Å². The minimum absolute atomic E-state index is 0.0107. The van der Waals surface area contributed by atoms with Gasteiger partial charge in [-0.15, -0.1) is 11.3 Å². The third kappa shape index (κ3) is 6.89. The van der Waals surface area contributed by atoms with Crippen molar-refractivity contribution in [2.24, 2.45) is 11.3 Å². The van der Waals surface area contributed by atoms with E-state index in [1.165, 1.54) is 6.33 Å². The van der Waals surface area contributed by atoms with Crippen LogP contribution in [0.3, 0.4) is 0 Å². The number of nitrogens with one attached hydrogen (secondary N) is 1. The van der Waals surface area contributed by atoms with Gasteiger partial charge in [0, 0.05) is 42.1 Å². The van der Waals surface area contributed by atoms with Crippen LogP contribution >= 0.6 is 22.9 Å². The van der Waals surface area contributed by atoms with Crippen molar-refractivity contribution in [3.63, 3.8) is 0 Å². The van der Waals surface area contributed by atoms with Gasteiger partial charge in [0.1, 0.15) is 28.6 Å². The van der Waals surface area contributed by atoms with Gasteiger partial charge in [-0.1, -0.05) is 38.4 Å². The number of hydrogen-bond acceptors (Lipinski definition) is 6. The van der Waals surface area contributed by atoms with Gasteiger partial charge in [0.25, 0.3) is 5.91 Å². The van der Waals surface area contributed by atoms with E-state index in [0.717, 1.165) is 40.2 Å². The van der Waals surface area contributed by atoms with Gasteiger partial charge in [0.2, 0.25) is 0 Å². The smallest absolute Gasteiger partial charge is 0.404 e. The second-order valence-electron chi connectivity index (χ2n) is 12.4. The normalized spacial score (nSPS) is 17.6. The molecule has 1 aliphatic carbocycles. The second-order valence-corrected chi connectivity index (χ2v) is 13.8. The van der Waals surface area contributed by atoms with E-state index in [1.807, 2.05) is 39.0 Å². The zero-order valence-electron chi connectivity index (χ0n) is 25.4. The average molecular weight is 657 g/mol. The van der Waals surface area contributed by atoms with Crippen LogP contribution in [-0.4, -0.2) is 51.2 Å². The summed E-state index contributed by atoms with van der Waals surface area (Å²) >= 11 is 7.44. The van der Waals surface area contributed by atoms with Crippen LogP contribution in [0, 0.1) is 23.0 Å². The summed E-state index contributed by atoms with van der Waals surface area (Å²) in [5.74, 6) is -1.14. The maximum Gasteiger partial charge on any atom is 0.404 e. The van der Waals surface area contributed by atoms with Gasteiger partial charge in [-0.2, -0.15) is 0 Å². The SMILES string of the molecule is COc1ccc(-c2cncnc2)cc1CN(C(=O)c1sc2c(F)ccc(F)c2c1Cl)C1CCC(C(NC(=O)O)C(C)(C)C)CC1. The van der Waals surface area contributed by atoms with Crippen LogP contribution < -0.4 is 10.1 Å². The highest BCUT2D eigenvalue weighted by molar-refractivity contribution is 7.21. The first-order valence-electron chi connectivity index (χ1n) is 14.7. The highest BCUT2D eigenvalue weighted by atomic mass is 35.5. The molecule has 0 spiro atoms. The van der Waals surface area contributed by atoms with Gasteiger partial charge in [0.05, 0.1) is 22.2 Å². The quantitative estimate of drug-likeness (QED) is 0.198. The molecule has 45 heavy (non-hydrogen) atoms. The summed E-state index contributed by atoms with van der Waals surface area (Å²) in [4.78, 5) is 36.0. The molecule has 0 aliphatic heterocycles. The van der Waals surface area contributed by atoms with Crippen LogP contribution in [0.2, 0.25) is 5.02 Å². The summed E-state index contributed by atoms with van der Waals surface area (Å²) in [5.41, 5.74) is 2.04. The molecule has 2 aromatic carbocycles. The zero-order chi connectivity index (χ0) is 32.5. The van der Waals surface area contributed by atoms with Crippen LogP contribution in [0.25, 0.3) is 21.2 Å². The Bertz CT molecular complexity index is 1700. The lowest BCUT2D eigenvalue weighted by Crippen LogP contribution is -2.50. The molecule has 1 atom stereocenters. The molecule has 0 radical (unpaired) electrons. The summed E-state index contributed by atoms with van der Waals surface area (Å²) in [6.07, 6.45) is 6.33. The van der Waals surface area contributed by atoms with Crippen molar-refractivity contribution in [1.29, 1.82) is 0 Å². The lowest BCUT2D eigenvalue weighted by Gasteiger charge is -2.43. The number of carboxylic acid groups (broad SMARTS) is 1. The fourth-order valence-electron chi connectivity index (χ4n) is 6.37. The topological polar surface area (TPSA) is 105 Å². The number of aromatic nitrogens is 2. The molecule has 1 saturated carbocycles. The fraction of sp³-hybridized carbons (Fsp3) is 0.394. The molecular formula is C33H35ClF2N4O4S. The third-order valence-corrected chi connectivity index (χ3v) is 10.2. The molecule has 2 amide bonds. The Kier molecular flexibility index (Phi) is 9.60. The zero-order valence-corrected chi connectivity index (χ0v) is 27.0. The molecule has 8 nitrogen and oxygen atoms in total. The Labute approximate surface area is 269 Å². The Balaban J connectivity index is 1.52. The molecule has 1 aliphatic rings. The molecule has 4 aromatic rings. The Morgan fingerprint density at radius 3 is 2.36 bits per heavy atom. The lowest BCUT2D eigenvalue weighted by molar-refractivity contribution is 0.0543. The minimum Gasteiger partial charge on any atom is -0.496 e. The molecule has 1 unspecified atom stereocenters. The first-order valence-corrected chi connectivity index (χ1v) is 15.9. The van der Waals surface area contributed by atoms with Crippen LogP contribution in [0.15, 0.2) is 49.1 Å². The molecule has 0 bridgehead atoms. The predicted octanol–water partition coefficient (Wildman–Crippen LogP) is 8.18.